The quantitative estimate of drug-likeness (QED) is 0.632. The third-order valence-corrected chi connectivity index (χ3v) is 3.83. The van der Waals surface area contributed by atoms with Crippen LogP contribution in [0.3, 0.4) is 0 Å². The zero-order valence-corrected chi connectivity index (χ0v) is 12.1. The Morgan fingerprint density at radius 1 is 1.57 bits per heavy atom. The first-order valence-electron chi connectivity index (χ1n) is 6.62. The molecule has 8 nitrogen and oxygen atoms in total. The van der Waals surface area contributed by atoms with Gasteiger partial charge in [-0.15, -0.1) is 0 Å². The number of hydrogen-bond donors (Lipinski definition) is 3. The number of amides is 1. The summed E-state index contributed by atoms with van der Waals surface area (Å²) in [7, 11) is 0. The van der Waals surface area contributed by atoms with Gasteiger partial charge in [0.05, 0.1) is 17.4 Å². The Balaban J connectivity index is 2.21. The molecule has 1 unspecified atom stereocenters. The smallest absolute Gasteiger partial charge is 0.254 e. The molecule has 1 fully saturated rings. The van der Waals surface area contributed by atoms with E-state index < -0.39 is 17.0 Å². The lowest BCUT2D eigenvalue weighted by atomic mass is 9.93. The summed E-state index contributed by atoms with van der Waals surface area (Å²) < 4.78 is 21.4. The van der Waals surface area contributed by atoms with Crippen LogP contribution in [0.4, 0.5) is 5.82 Å². The van der Waals surface area contributed by atoms with Gasteiger partial charge in [0.2, 0.25) is 0 Å². The molecule has 0 bridgehead atoms. The largest absolute Gasteiger partial charge is 0.772 e. The Morgan fingerprint density at radius 3 is 2.95 bits per heavy atom. The number of aliphatic hydroxyl groups is 1. The molecule has 9 heteroatoms. The average molecular weight is 313 g/mol. The Bertz CT molecular complexity index is 554. The van der Waals surface area contributed by atoms with E-state index in [0.29, 0.717) is 6.42 Å². The number of carbonyl (C=O) groups excluding carboxylic acids is 1. The monoisotopic (exact) mass is 313 g/mol. The number of rotatable bonds is 5. The summed E-state index contributed by atoms with van der Waals surface area (Å²) in [5.74, 6) is -0.714. The predicted octanol–water partition coefficient (Wildman–Crippen LogP) is -0.330. The maximum Gasteiger partial charge on any atom is 0.254 e. The molecule has 1 aromatic rings. The third kappa shape index (κ3) is 4.45. The van der Waals surface area contributed by atoms with Gasteiger partial charge in [-0.3, -0.25) is 9.00 Å². The lowest BCUT2D eigenvalue weighted by molar-refractivity contribution is 0.100. The van der Waals surface area contributed by atoms with Crippen LogP contribution in [-0.4, -0.2) is 41.9 Å². The Labute approximate surface area is 124 Å². The minimum Gasteiger partial charge on any atom is -0.772 e. The maximum atomic E-state index is 11.4. The van der Waals surface area contributed by atoms with E-state index in [0.717, 1.165) is 19.3 Å². The standard InChI is InChI=1S/C12H18N4O4S/c13-11(18)9-5-14-10(6-21(19)20)16-12(9)15-7-2-1-3-8(17)4-7/h5,7-8,17H,1-4,6H2,(H2,13,18)(H,19,20)(H,14,15,16)/p-1/t7-,8+/m1/s1. The molecule has 2 rings (SSSR count). The molecule has 0 aromatic carbocycles. The van der Waals surface area contributed by atoms with Crippen molar-refractivity contribution in [2.75, 3.05) is 5.32 Å². The normalized spacial score (nSPS) is 23.5. The summed E-state index contributed by atoms with van der Waals surface area (Å²) >= 11 is -2.31. The number of carbonyl (C=O) groups is 1. The zero-order chi connectivity index (χ0) is 15.4. The lowest BCUT2D eigenvalue weighted by Gasteiger charge is -2.27. The van der Waals surface area contributed by atoms with Crippen LogP contribution in [0.15, 0.2) is 6.20 Å². The molecule has 1 heterocycles. The second-order valence-corrected chi connectivity index (χ2v) is 5.92. The highest BCUT2D eigenvalue weighted by atomic mass is 32.2. The van der Waals surface area contributed by atoms with Crippen LogP contribution in [0.5, 0.6) is 0 Å². The van der Waals surface area contributed by atoms with Gasteiger partial charge in [0.1, 0.15) is 11.6 Å². The second-order valence-electron chi connectivity index (χ2n) is 5.02. The van der Waals surface area contributed by atoms with E-state index in [9.17, 15) is 18.7 Å². The van der Waals surface area contributed by atoms with Crippen molar-refractivity contribution >= 4 is 22.8 Å². The lowest BCUT2D eigenvalue weighted by Crippen LogP contribution is -2.31. The second kappa shape index (κ2) is 6.92. The van der Waals surface area contributed by atoms with E-state index in [1.807, 2.05) is 0 Å². The SMILES string of the molecule is NC(=O)c1cnc(CS(=O)[O-])nc1N[C@@H]1CCC[C@H](O)C1. The molecule has 21 heavy (non-hydrogen) atoms. The highest BCUT2D eigenvalue weighted by Gasteiger charge is 2.22. The van der Waals surface area contributed by atoms with E-state index in [4.69, 9.17) is 5.73 Å². The third-order valence-electron chi connectivity index (χ3n) is 3.34. The van der Waals surface area contributed by atoms with E-state index >= 15 is 0 Å². The van der Waals surface area contributed by atoms with Crippen molar-refractivity contribution in [3.63, 3.8) is 0 Å². The predicted molar refractivity (Wildman–Crippen MR) is 75.1 cm³/mol. The average Bonchev–Trinajstić information content (AvgIpc) is 2.37. The number of nitrogens with one attached hydrogen (secondary N) is 1. The van der Waals surface area contributed by atoms with Crippen molar-refractivity contribution in [3.05, 3.63) is 17.6 Å². The fourth-order valence-electron chi connectivity index (χ4n) is 2.37. The van der Waals surface area contributed by atoms with Gasteiger partial charge in [-0.1, -0.05) is 0 Å². The van der Waals surface area contributed by atoms with Gasteiger partial charge >= 0.3 is 0 Å². The van der Waals surface area contributed by atoms with Gasteiger partial charge in [-0.2, -0.15) is 0 Å². The van der Waals surface area contributed by atoms with Crippen LogP contribution in [0.1, 0.15) is 41.9 Å². The fourth-order valence-corrected chi connectivity index (χ4v) is 2.72. The Kier molecular flexibility index (Phi) is 5.21. The summed E-state index contributed by atoms with van der Waals surface area (Å²) in [5.41, 5.74) is 5.38. The van der Waals surface area contributed by atoms with E-state index in [1.165, 1.54) is 6.20 Å². The summed E-state index contributed by atoms with van der Waals surface area (Å²) in [6, 6.07) is -0.0349. The zero-order valence-electron chi connectivity index (χ0n) is 11.3. The van der Waals surface area contributed by atoms with Crippen LogP contribution in [0, 0.1) is 0 Å². The molecule has 0 radical (unpaired) electrons. The molecule has 0 saturated heterocycles. The number of nitrogens with zero attached hydrogens (tertiary/aromatic N) is 2. The number of anilines is 1. The highest BCUT2D eigenvalue weighted by Crippen LogP contribution is 2.23. The first-order chi connectivity index (χ1) is 9.95. The van der Waals surface area contributed by atoms with Gasteiger partial charge in [-0.05, 0) is 36.8 Å². The van der Waals surface area contributed by atoms with Crippen LogP contribution in [0.25, 0.3) is 0 Å². The molecule has 0 aliphatic heterocycles. The molecular weight excluding hydrogens is 296 g/mol. The van der Waals surface area contributed by atoms with Crippen molar-refractivity contribution in [1.29, 1.82) is 0 Å². The van der Waals surface area contributed by atoms with Gasteiger partial charge in [0.25, 0.3) is 5.91 Å². The summed E-state index contributed by atoms with van der Waals surface area (Å²) in [6.07, 6.45) is 3.84. The van der Waals surface area contributed by atoms with Crippen molar-refractivity contribution in [2.24, 2.45) is 5.73 Å². The molecular formula is C12H17N4O4S-. The van der Waals surface area contributed by atoms with Gasteiger partial charge in [0.15, 0.2) is 0 Å². The molecule has 1 aliphatic carbocycles. The van der Waals surface area contributed by atoms with Crippen molar-refractivity contribution in [1.82, 2.24) is 9.97 Å². The first kappa shape index (κ1) is 15.8. The van der Waals surface area contributed by atoms with E-state index in [1.54, 1.807) is 0 Å². The highest BCUT2D eigenvalue weighted by molar-refractivity contribution is 7.78. The molecule has 0 spiro atoms. The first-order valence-corrected chi connectivity index (χ1v) is 7.86. The molecule has 1 aliphatic rings. The minimum atomic E-state index is -2.31. The van der Waals surface area contributed by atoms with Crippen molar-refractivity contribution in [3.8, 4) is 0 Å². The number of primary amides is 1. The molecule has 3 atom stereocenters. The molecule has 1 amide bonds. The Morgan fingerprint density at radius 2 is 2.33 bits per heavy atom. The van der Waals surface area contributed by atoms with Crippen molar-refractivity contribution in [2.45, 2.75) is 43.6 Å². The summed E-state index contributed by atoms with van der Waals surface area (Å²) in [4.78, 5) is 19.3. The van der Waals surface area contributed by atoms with Crippen molar-refractivity contribution < 1.29 is 18.7 Å². The summed E-state index contributed by atoms with van der Waals surface area (Å²) in [6.45, 7) is 0. The van der Waals surface area contributed by atoms with E-state index in [2.05, 4.69) is 15.3 Å². The Hall–Kier alpha value is -1.58. The summed E-state index contributed by atoms with van der Waals surface area (Å²) in [5, 5.41) is 12.7. The topological polar surface area (TPSA) is 141 Å². The molecule has 4 N–H and O–H groups in total. The van der Waals surface area contributed by atoms with Gasteiger partial charge < -0.3 is 20.7 Å². The number of aromatic nitrogens is 2. The maximum absolute atomic E-state index is 11.4. The number of hydrogen-bond acceptors (Lipinski definition) is 7. The fraction of sp³-hybridized carbons (Fsp3) is 0.583. The van der Waals surface area contributed by atoms with Crippen LogP contribution < -0.4 is 11.1 Å². The van der Waals surface area contributed by atoms with E-state index in [-0.39, 0.29) is 35.1 Å². The number of aliphatic hydroxyl groups excluding tert-OH is 1. The molecule has 1 aromatic heterocycles. The minimum absolute atomic E-state index is 0.0349. The molecule has 116 valence electrons. The number of nitrogens with two attached hydrogens (primary N) is 1. The van der Waals surface area contributed by atoms with Gasteiger partial charge in [0, 0.05) is 12.2 Å². The molecule has 1 saturated carbocycles. The van der Waals surface area contributed by atoms with Crippen LogP contribution >= 0.6 is 0 Å². The van der Waals surface area contributed by atoms with Gasteiger partial charge in [-0.25, -0.2) is 9.97 Å². The van der Waals surface area contributed by atoms with Crippen LogP contribution in [0.2, 0.25) is 0 Å². The van der Waals surface area contributed by atoms with Crippen LogP contribution in [-0.2, 0) is 16.8 Å².